The molecule has 0 aromatic carbocycles. The zero-order valence-electron chi connectivity index (χ0n) is 12.0. The Morgan fingerprint density at radius 1 is 1.50 bits per heavy atom. The van der Waals surface area contributed by atoms with Crippen molar-refractivity contribution in [1.82, 2.24) is 9.88 Å². The van der Waals surface area contributed by atoms with Crippen LogP contribution in [0.5, 0.6) is 0 Å². The van der Waals surface area contributed by atoms with Crippen molar-refractivity contribution in [3.63, 3.8) is 0 Å². The molecule has 1 aromatic rings. The number of fused-ring (bicyclic) bond motifs is 1. The largest absolute Gasteiger partial charge is 0.320 e. The van der Waals surface area contributed by atoms with Crippen molar-refractivity contribution in [2.24, 2.45) is 11.7 Å². The Morgan fingerprint density at radius 2 is 2.22 bits per heavy atom. The third-order valence-electron chi connectivity index (χ3n) is 3.66. The van der Waals surface area contributed by atoms with Gasteiger partial charge >= 0.3 is 0 Å². The third-order valence-corrected chi connectivity index (χ3v) is 5.02. The first-order valence-corrected chi connectivity index (χ1v) is 7.74. The third kappa shape index (κ3) is 2.92. The quantitative estimate of drug-likeness (QED) is 0.912. The van der Waals surface area contributed by atoms with Crippen LogP contribution in [0.25, 0.3) is 0 Å². The van der Waals surface area contributed by atoms with Gasteiger partial charge in [0.25, 0.3) is 0 Å². The fourth-order valence-electron chi connectivity index (χ4n) is 2.32. The van der Waals surface area contributed by atoms with E-state index >= 15 is 0 Å². The fraction of sp³-hybridized carbons (Fsp3) is 0.786. The van der Waals surface area contributed by atoms with E-state index in [0.717, 1.165) is 36.9 Å². The molecule has 0 radical (unpaired) electrons. The van der Waals surface area contributed by atoms with Crippen molar-refractivity contribution in [3.05, 3.63) is 15.6 Å². The van der Waals surface area contributed by atoms with Gasteiger partial charge in [-0.1, -0.05) is 20.8 Å². The Labute approximate surface area is 114 Å². The Hall–Kier alpha value is -0.450. The van der Waals surface area contributed by atoms with E-state index in [1.54, 1.807) is 0 Å². The summed E-state index contributed by atoms with van der Waals surface area (Å²) in [6.45, 7) is 12.2. The van der Waals surface area contributed by atoms with Crippen molar-refractivity contribution in [1.29, 1.82) is 0 Å². The maximum Gasteiger partial charge on any atom is 0.113 e. The minimum Gasteiger partial charge on any atom is -0.320 e. The first-order valence-electron chi connectivity index (χ1n) is 6.92. The highest BCUT2D eigenvalue weighted by Crippen LogP contribution is 2.31. The number of hydrogen-bond donors (Lipinski definition) is 1. The number of aromatic nitrogens is 1. The summed E-state index contributed by atoms with van der Waals surface area (Å²) >= 11 is 1.82. The van der Waals surface area contributed by atoms with E-state index in [-0.39, 0.29) is 5.54 Å². The molecule has 1 aliphatic rings. The first-order chi connectivity index (χ1) is 8.42. The molecule has 0 amide bonds. The lowest BCUT2D eigenvalue weighted by Gasteiger charge is -2.27. The first kappa shape index (κ1) is 14.0. The number of nitrogens with two attached hydrogens (primary N) is 1. The van der Waals surface area contributed by atoms with Crippen LogP contribution in [0, 0.1) is 5.92 Å². The maximum absolute atomic E-state index is 6.30. The predicted molar refractivity (Wildman–Crippen MR) is 77.8 cm³/mol. The Balaban J connectivity index is 2.14. The number of hydrogen-bond acceptors (Lipinski definition) is 4. The van der Waals surface area contributed by atoms with Gasteiger partial charge in [0.2, 0.25) is 0 Å². The summed E-state index contributed by atoms with van der Waals surface area (Å²) in [7, 11) is 0. The minimum absolute atomic E-state index is 0.259. The van der Waals surface area contributed by atoms with Crippen LogP contribution >= 0.6 is 11.3 Å². The van der Waals surface area contributed by atoms with Crippen molar-refractivity contribution >= 4 is 11.3 Å². The van der Waals surface area contributed by atoms with Gasteiger partial charge in [-0.25, -0.2) is 4.98 Å². The van der Waals surface area contributed by atoms with Crippen molar-refractivity contribution in [2.75, 3.05) is 13.1 Å². The summed E-state index contributed by atoms with van der Waals surface area (Å²) in [6, 6.07) is 0. The average Bonchev–Trinajstić information content (AvgIpc) is 2.72. The van der Waals surface area contributed by atoms with E-state index in [1.165, 1.54) is 17.1 Å². The van der Waals surface area contributed by atoms with Gasteiger partial charge in [0, 0.05) is 30.9 Å². The average molecular weight is 267 g/mol. The Kier molecular flexibility index (Phi) is 4.09. The number of rotatable bonds is 4. The SMILES string of the molecule is CCC(C)(N)c1nc2c(s1)CN(CC(C)C)CC2. The molecule has 3 nitrogen and oxygen atoms in total. The zero-order chi connectivity index (χ0) is 13.3. The van der Waals surface area contributed by atoms with Crippen LogP contribution < -0.4 is 5.73 Å². The highest BCUT2D eigenvalue weighted by atomic mass is 32.1. The second kappa shape index (κ2) is 5.27. The van der Waals surface area contributed by atoms with Crippen molar-refractivity contribution in [2.45, 2.75) is 52.6 Å². The molecular formula is C14H25N3S. The summed E-state index contributed by atoms with van der Waals surface area (Å²) in [5.74, 6) is 0.731. The second-order valence-corrected chi connectivity index (χ2v) is 7.12. The van der Waals surface area contributed by atoms with Crippen LogP contribution in [0.15, 0.2) is 0 Å². The fourth-order valence-corrected chi connectivity index (χ4v) is 3.60. The van der Waals surface area contributed by atoms with Gasteiger partial charge in [-0.3, -0.25) is 4.90 Å². The molecule has 0 aliphatic carbocycles. The van der Waals surface area contributed by atoms with Crippen molar-refractivity contribution < 1.29 is 0 Å². The molecular weight excluding hydrogens is 242 g/mol. The van der Waals surface area contributed by atoms with Gasteiger partial charge in [0.15, 0.2) is 0 Å². The Bertz CT molecular complexity index is 409. The molecule has 0 saturated carbocycles. The highest BCUT2D eigenvalue weighted by molar-refractivity contribution is 7.11. The highest BCUT2D eigenvalue weighted by Gasteiger charge is 2.27. The normalized spacial score (nSPS) is 19.9. The molecule has 2 heterocycles. The van der Waals surface area contributed by atoms with Gasteiger partial charge in [-0.15, -0.1) is 11.3 Å². The monoisotopic (exact) mass is 267 g/mol. The summed E-state index contributed by atoms with van der Waals surface area (Å²) in [4.78, 5) is 8.74. The summed E-state index contributed by atoms with van der Waals surface area (Å²) < 4.78 is 0. The molecule has 2 N–H and O–H groups in total. The summed E-state index contributed by atoms with van der Waals surface area (Å²) in [6.07, 6.45) is 2.02. The van der Waals surface area contributed by atoms with Crippen molar-refractivity contribution in [3.8, 4) is 0 Å². The van der Waals surface area contributed by atoms with E-state index in [4.69, 9.17) is 10.7 Å². The molecule has 0 saturated heterocycles. The maximum atomic E-state index is 6.30. The van der Waals surface area contributed by atoms with Crippen LogP contribution in [0.3, 0.4) is 0 Å². The molecule has 0 bridgehead atoms. The molecule has 0 spiro atoms. The molecule has 1 aliphatic heterocycles. The predicted octanol–water partition coefficient (Wildman–Crippen LogP) is 2.74. The second-order valence-electron chi connectivity index (χ2n) is 6.04. The number of thiazole rings is 1. The van der Waals surface area contributed by atoms with E-state index in [9.17, 15) is 0 Å². The van der Waals surface area contributed by atoms with Crippen LogP contribution in [0.1, 0.15) is 49.7 Å². The number of nitrogens with zero attached hydrogens (tertiary/aromatic N) is 2. The smallest absolute Gasteiger partial charge is 0.113 e. The van der Waals surface area contributed by atoms with E-state index in [1.807, 2.05) is 11.3 Å². The lowest BCUT2D eigenvalue weighted by atomic mass is 10.0. The Morgan fingerprint density at radius 3 is 2.83 bits per heavy atom. The molecule has 2 rings (SSSR count). The standard InChI is InChI=1S/C14H25N3S/c1-5-14(4,15)13-16-11-6-7-17(8-10(2)3)9-12(11)18-13/h10H,5-9,15H2,1-4H3. The molecule has 4 heteroatoms. The summed E-state index contributed by atoms with van der Waals surface area (Å²) in [5.41, 5.74) is 7.33. The lowest BCUT2D eigenvalue weighted by molar-refractivity contribution is 0.228. The van der Waals surface area contributed by atoms with E-state index in [0.29, 0.717) is 0 Å². The molecule has 1 unspecified atom stereocenters. The van der Waals surface area contributed by atoms with E-state index in [2.05, 4.69) is 32.6 Å². The van der Waals surface area contributed by atoms with Gasteiger partial charge in [-0.05, 0) is 19.3 Å². The minimum atomic E-state index is -0.259. The summed E-state index contributed by atoms with van der Waals surface area (Å²) in [5, 5.41) is 1.11. The van der Waals surface area contributed by atoms with Gasteiger partial charge in [-0.2, -0.15) is 0 Å². The zero-order valence-corrected chi connectivity index (χ0v) is 12.8. The van der Waals surface area contributed by atoms with Crippen LogP contribution in [0.2, 0.25) is 0 Å². The van der Waals surface area contributed by atoms with Crippen LogP contribution in [0.4, 0.5) is 0 Å². The van der Waals surface area contributed by atoms with Gasteiger partial charge < -0.3 is 5.73 Å². The molecule has 102 valence electrons. The van der Waals surface area contributed by atoms with Crippen LogP contribution in [-0.2, 0) is 18.5 Å². The molecule has 1 aromatic heterocycles. The van der Waals surface area contributed by atoms with Crippen LogP contribution in [-0.4, -0.2) is 23.0 Å². The molecule has 0 fully saturated rings. The molecule has 18 heavy (non-hydrogen) atoms. The molecule has 1 atom stereocenters. The topological polar surface area (TPSA) is 42.1 Å². The van der Waals surface area contributed by atoms with Gasteiger partial charge in [0.05, 0.1) is 11.2 Å². The lowest BCUT2D eigenvalue weighted by Crippen LogP contribution is -2.33. The van der Waals surface area contributed by atoms with E-state index < -0.39 is 0 Å². The van der Waals surface area contributed by atoms with Gasteiger partial charge in [0.1, 0.15) is 5.01 Å².